The molecule has 0 spiro atoms. The van der Waals surface area contributed by atoms with Gasteiger partial charge in [0, 0.05) is 10.6 Å². The minimum absolute atomic E-state index is 0.227. The maximum atomic E-state index is 13.6. The molecule has 104 valence electrons. The van der Waals surface area contributed by atoms with Gasteiger partial charge in [0.1, 0.15) is 11.6 Å². The summed E-state index contributed by atoms with van der Waals surface area (Å²) in [6.45, 7) is 0. The van der Waals surface area contributed by atoms with Gasteiger partial charge >= 0.3 is 5.97 Å². The molecule has 0 saturated heterocycles. The van der Waals surface area contributed by atoms with E-state index < -0.39 is 23.5 Å². The van der Waals surface area contributed by atoms with Gasteiger partial charge in [0.15, 0.2) is 0 Å². The van der Waals surface area contributed by atoms with E-state index in [1.54, 1.807) is 24.3 Å². The van der Waals surface area contributed by atoms with Gasteiger partial charge in [-0.3, -0.25) is 4.79 Å². The van der Waals surface area contributed by atoms with Crippen molar-refractivity contribution in [3.63, 3.8) is 0 Å². The van der Waals surface area contributed by atoms with Crippen LogP contribution in [-0.4, -0.2) is 11.1 Å². The van der Waals surface area contributed by atoms with E-state index in [1.807, 2.05) is 0 Å². The number of halogens is 3. The highest BCUT2D eigenvalue weighted by Crippen LogP contribution is 2.25. The molecule has 0 aliphatic heterocycles. The summed E-state index contributed by atoms with van der Waals surface area (Å²) in [4.78, 5) is 11.3. The molecule has 0 radical (unpaired) electrons. The number of benzene rings is 2. The summed E-state index contributed by atoms with van der Waals surface area (Å²) in [5.74, 6) is -3.66. The Labute approximate surface area is 119 Å². The van der Waals surface area contributed by atoms with Crippen molar-refractivity contribution in [3.05, 3.63) is 70.2 Å². The summed E-state index contributed by atoms with van der Waals surface area (Å²) in [6, 6.07) is 9.64. The second-order valence-electron chi connectivity index (χ2n) is 4.35. The van der Waals surface area contributed by atoms with Crippen molar-refractivity contribution in [1.29, 1.82) is 0 Å². The normalized spacial score (nSPS) is 12.2. The molecule has 1 N–H and O–H groups in total. The summed E-state index contributed by atoms with van der Waals surface area (Å²) in [6.07, 6.45) is -0.254. The maximum Gasteiger partial charge on any atom is 0.311 e. The molecule has 0 aromatic heterocycles. The second kappa shape index (κ2) is 6.01. The zero-order valence-electron chi connectivity index (χ0n) is 10.3. The molecule has 0 aliphatic carbocycles. The molecular weight excluding hydrogens is 286 g/mol. The lowest BCUT2D eigenvalue weighted by atomic mass is 9.91. The van der Waals surface area contributed by atoms with Gasteiger partial charge in [0.05, 0.1) is 5.92 Å². The Bertz CT molecular complexity index is 606. The van der Waals surface area contributed by atoms with Gasteiger partial charge in [-0.25, -0.2) is 8.78 Å². The number of hydrogen-bond donors (Lipinski definition) is 1. The lowest BCUT2D eigenvalue weighted by Crippen LogP contribution is -2.16. The van der Waals surface area contributed by atoms with Gasteiger partial charge < -0.3 is 5.11 Å². The Kier molecular flexibility index (Phi) is 4.35. The quantitative estimate of drug-likeness (QED) is 0.925. The summed E-state index contributed by atoms with van der Waals surface area (Å²) in [5.41, 5.74) is 0.222. The van der Waals surface area contributed by atoms with Crippen molar-refractivity contribution in [2.75, 3.05) is 0 Å². The van der Waals surface area contributed by atoms with E-state index in [1.165, 1.54) is 6.07 Å². The highest BCUT2D eigenvalue weighted by atomic mass is 35.5. The van der Waals surface area contributed by atoms with Gasteiger partial charge in [-0.05, 0) is 36.2 Å². The fraction of sp³-hybridized carbons (Fsp3) is 0.133. The fourth-order valence-corrected chi connectivity index (χ4v) is 2.10. The van der Waals surface area contributed by atoms with Crippen LogP contribution in [0.4, 0.5) is 8.78 Å². The molecule has 1 unspecified atom stereocenters. The molecule has 2 rings (SSSR count). The Morgan fingerprint density at radius 1 is 1.10 bits per heavy atom. The third-order valence-electron chi connectivity index (χ3n) is 3.04. The van der Waals surface area contributed by atoms with Crippen molar-refractivity contribution in [1.82, 2.24) is 0 Å². The maximum absolute atomic E-state index is 13.6. The van der Waals surface area contributed by atoms with Crippen LogP contribution >= 0.6 is 11.6 Å². The zero-order valence-corrected chi connectivity index (χ0v) is 11.1. The highest BCUT2D eigenvalue weighted by Gasteiger charge is 2.23. The Hall–Kier alpha value is -1.94. The molecule has 0 amide bonds. The standard InChI is InChI=1S/C15H11ClF2O2/c16-10-6-4-9(5-7-10)11(15(19)20)8-12-13(17)2-1-3-14(12)18/h1-7,11H,8H2,(H,19,20). The topological polar surface area (TPSA) is 37.3 Å². The first kappa shape index (κ1) is 14.5. The van der Waals surface area contributed by atoms with E-state index in [-0.39, 0.29) is 12.0 Å². The van der Waals surface area contributed by atoms with Gasteiger partial charge in [0.2, 0.25) is 0 Å². The van der Waals surface area contributed by atoms with E-state index >= 15 is 0 Å². The number of carboxylic acid groups (broad SMARTS) is 1. The lowest BCUT2D eigenvalue weighted by molar-refractivity contribution is -0.138. The Balaban J connectivity index is 2.35. The number of carbonyl (C=O) groups is 1. The number of carboxylic acids is 1. The number of aliphatic carboxylic acids is 1. The van der Waals surface area contributed by atoms with Crippen LogP contribution in [0.2, 0.25) is 5.02 Å². The monoisotopic (exact) mass is 296 g/mol. The second-order valence-corrected chi connectivity index (χ2v) is 4.78. The molecular formula is C15H11ClF2O2. The molecule has 0 bridgehead atoms. The molecule has 0 heterocycles. The van der Waals surface area contributed by atoms with Gasteiger partial charge in [0.25, 0.3) is 0 Å². The van der Waals surface area contributed by atoms with Crippen molar-refractivity contribution in [2.45, 2.75) is 12.3 Å². The third kappa shape index (κ3) is 3.14. The van der Waals surface area contributed by atoms with Crippen molar-refractivity contribution in [3.8, 4) is 0 Å². The van der Waals surface area contributed by atoms with E-state index in [2.05, 4.69) is 0 Å². The van der Waals surface area contributed by atoms with E-state index in [4.69, 9.17) is 11.6 Å². The van der Waals surface area contributed by atoms with E-state index in [0.717, 1.165) is 12.1 Å². The van der Waals surface area contributed by atoms with Crippen molar-refractivity contribution < 1.29 is 18.7 Å². The van der Waals surface area contributed by atoms with Crippen LogP contribution in [0.15, 0.2) is 42.5 Å². The Morgan fingerprint density at radius 3 is 2.15 bits per heavy atom. The predicted molar refractivity (Wildman–Crippen MR) is 71.9 cm³/mol. The molecule has 0 aliphatic rings. The highest BCUT2D eigenvalue weighted by molar-refractivity contribution is 6.30. The lowest BCUT2D eigenvalue weighted by Gasteiger charge is -2.14. The molecule has 2 nitrogen and oxygen atoms in total. The van der Waals surface area contributed by atoms with Gasteiger partial charge in [-0.2, -0.15) is 0 Å². The largest absolute Gasteiger partial charge is 0.481 e. The van der Waals surface area contributed by atoms with Crippen molar-refractivity contribution >= 4 is 17.6 Å². The average molecular weight is 297 g/mol. The van der Waals surface area contributed by atoms with Crippen LogP contribution in [0.5, 0.6) is 0 Å². The molecule has 1 atom stereocenters. The zero-order chi connectivity index (χ0) is 14.7. The third-order valence-corrected chi connectivity index (χ3v) is 3.29. The van der Waals surface area contributed by atoms with Crippen molar-refractivity contribution in [2.24, 2.45) is 0 Å². The van der Waals surface area contributed by atoms with Crippen LogP contribution in [0.25, 0.3) is 0 Å². The smallest absolute Gasteiger partial charge is 0.311 e. The van der Waals surface area contributed by atoms with Crippen LogP contribution < -0.4 is 0 Å². The summed E-state index contributed by atoms with van der Waals surface area (Å²) in [5, 5.41) is 9.73. The minimum atomic E-state index is -1.14. The van der Waals surface area contributed by atoms with E-state index in [9.17, 15) is 18.7 Å². The molecule has 0 saturated carbocycles. The summed E-state index contributed by atoms with van der Waals surface area (Å²) in [7, 11) is 0. The molecule has 20 heavy (non-hydrogen) atoms. The predicted octanol–water partition coefficient (Wildman–Crippen LogP) is 4.03. The first-order valence-corrected chi connectivity index (χ1v) is 6.28. The molecule has 2 aromatic carbocycles. The van der Waals surface area contributed by atoms with Crippen LogP contribution in [0, 0.1) is 11.6 Å². The first-order valence-electron chi connectivity index (χ1n) is 5.90. The Morgan fingerprint density at radius 2 is 1.65 bits per heavy atom. The number of rotatable bonds is 4. The first-order chi connectivity index (χ1) is 9.49. The molecule has 5 heteroatoms. The van der Waals surface area contributed by atoms with Crippen LogP contribution in [-0.2, 0) is 11.2 Å². The average Bonchev–Trinajstić information content (AvgIpc) is 2.39. The SMILES string of the molecule is O=C(O)C(Cc1c(F)cccc1F)c1ccc(Cl)cc1. The van der Waals surface area contributed by atoms with Gasteiger partial charge in [-0.15, -0.1) is 0 Å². The molecule has 2 aromatic rings. The number of hydrogen-bond acceptors (Lipinski definition) is 1. The summed E-state index contributed by atoms with van der Waals surface area (Å²) < 4.78 is 27.2. The summed E-state index contributed by atoms with van der Waals surface area (Å²) >= 11 is 5.74. The van der Waals surface area contributed by atoms with Crippen LogP contribution in [0.3, 0.4) is 0 Å². The van der Waals surface area contributed by atoms with Crippen LogP contribution in [0.1, 0.15) is 17.0 Å². The molecule has 0 fully saturated rings. The van der Waals surface area contributed by atoms with Gasteiger partial charge in [-0.1, -0.05) is 29.8 Å². The fourth-order valence-electron chi connectivity index (χ4n) is 1.97. The van der Waals surface area contributed by atoms with E-state index in [0.29, 0.717) is 10.6 Å². The minimum Gasteiger partial charge on any atom is -0.481 e.